The molecule has 2 heterocycles. The Labute approximate surface area is 242 Å². The standard InChI is InChI=1S/C32H31N5O5/c1-36-18-27(28(35-36)29(38)39)33-30(40)32(15-16-37(20-32)17-21-9-3-2-4-10-21)34-31(41)42-19-26-24-13-7-5-11-22(24)23-12-6-8-14-25(23)26/h2-14,18,26H,15-17,19-20H2,1H3,(H,33,40)(H,34,41)(H,38,39). The third-order valence-corrected chi connectivity index (χ3v) is 8.00. The van der Waals surface area contributed by atoms with Crippen molar-refractivity contribution in [3.63, 3.8) is 0 Å². The Morgan fingerprint density at radius 2 is 1.62 bits per heavy atom. The maximum atomic E-state index is 13.8. The first-order chi connectivity index (χ1) is 20.3. The first kappa shape index (κ1) is 27.2. The number of carbonyl (C=O) groups excluding carboxylic acids is 2. The van der Waals surface area contributed by atoms with Crippen LogP contribution in [0.3, 0.4) is 0 Å². The van der Waals surface area contributed by atoms with Gasteiger partial charge in [0.25, 0.3) is 5.91 Å². The van der Waals surface area contributed by atoms with Crippen molar-refractivity contribution >= 4 is 23.7 Å². The number of carbonyl (C=O) groups is 3. The highest BCUT2D eigenvalue weighted by Gasteiger charge is 2.47. The van der Waals surface area contributed by atoms with E-state index in [1.54, 1.807) is 7.05 Å². The van der Waals surface area contributed by atoms with Gasteiger partial charge < -0.3 is 20.5 Å². The molecule has 1 aromatic heterocycles. The Morgan fingerprint density at radius 1 is 0.976 bits per heavy atom. The summed E-state index contributed by atoms with van der Waals surface area (Å²) in [4.78, 5) is 40.9. The smallest absolute Gasteiger partial charge is 0.408 e. The number of nitrogens with one attached hydrogen (secondary N) is 2. The van der Waals surface area contributed by atoms with Crippen molar-refractivity contribution < 1.29 is 24.2 Å². The number of ether oxygens (including phenoxy) is 1. The van der Waals surface area contributed by atoms with E-state index in [1.807, 2.05) is 66.7 Å². The van der Waals surface area contributed by atoms with E-state index in [2.05, 4.69) is 32.8 Å². The number of alkyl carbamates (subject to hydrolysis) is 1. The number of carboxylic acid groups (broad SMARTS) is 1. The van der Waals surface area contributed by atoms with Crippen molar-refractivity contribution in [2.75, 3.05) is 25.0 Å². The molecule has 1 unspecified atom stereocenters. The molecular weight excluding hydrogens is 534 g/mol. The number of hydrogen-bond donors (Lipinski definition) is 3. The molecule has 10 heteroatoms. The van der Waals surface area contributed by atoms with E-state index in [0.717, 1.165) is 27.8 Å². The van der Waals surface area contributed by atoms with Gasteiger partial charge in [0, 0.05) is 38.8 Å². The number of hydrogen-bond acceptors (Lipinski definition) is 6. The zero-order valence-electron chi connectivity index (χ0n) is 23.1. The Balaban J connectivity index is 1.21. The van der Waals surface area contributed by atoms with Gasteiger partial charge in [-0.25, -0.2) is 9.59 Å². The van der Waals surface area contributed by atoms with Crippen molar-refractivity contribution in [1.29, 1.82) is 0 Å². The van der Waals surface area contributed by atoms with Crippen LogP contribution < -0.4 is 10.6 Å². The van der Waals surface area contributed by atoms with Crippen molar-refractivity contribution in [2.24, 2.45) is 7.05 Å². The predicted molar refractivity (Wildman–Crippen MR) is 156 cm³/mol. The number of aromatic nitrogens is 2. The van der Waals surface area contributed by atoms with Crippen molar-refractivity contribution in [2.45, 2.75) is 24.4 Å². The fourth-order valence-electron chi connectivity index (χ4n) is 6.02. The van der Waals surface area contributed by atoms with Crippen LogP contribution in [0.1, 0.15) is 39.5 Å². The van der Waals surface area contributed by atoms with E-state index in [-0.39, 0.29) is 30.5 Å². The van der Waals surface area contributed by atoms with E-state index < -0.39 is 23.5 Å². The molecule has 1 saturated heterocycles. The second-order valence-electron chi connectivity index (χ2n) is 10.8. The molecule has 0 spiro atoms. The number of anilines is 1. The molecule has 3 N–H and O–H groups in total. The van der Waals surface area contributed by atoms with Crippen molar-refractivity contribution in [3.8, 4) is 11.1 Å². The fraction of sp³-hybridized carbons (Fsp3) is 0.250. The second kappa shape index (κ2) is 11.1. The SMILES string of the molecule is Cn1cc(NC(=O)C2(NC(=O)OCC3c4ccccc4-c4ccccc43)CCN(Cc3ccccc3)C2)c(C(=O)O)n1. The van der Waals surface area contributed by atoms with Crippen LogP contribution in [-0.2, 0) is 23.1 Å². The van der Waals surface area contributed by atoms with Gasteiger partial charge in [-0.3, -0.25) is 14.4 Å². The van der Waals surface area contributed by atoms with E-state index in [0.29, 0.717) is 19.5 Å². The molecule has 3 aromatic carbocycles. The summed E-state index contributed by atoms with van der Waals surface area (Å²) in [6.45, 7) is 1.47. The van der Waals surface area contributed by atoms with Crippen LogP contribution in [0.5, 0.6) is 0 Å². The predicted octanol–water partition coefficient (Wildman–Crippen LogP) is 4.24. The minimum Gasteiger partial charge on any atom is -0.476 e. The molecule has 1 atom stereocenters. The van der Waals surface area contributed by atoms with Gasteiger partial charge in [0.05, 0.1) is 5.69 Å². The van der Waals surface area contributed by atoms with Crippen molar-refractivity contribution in [3.05, 3.63) is 107 Å². The number of benzene rings is 3. The van der Waals surface area contributed by atoms with E-state index in [1.165, 1.54) is 10.9 Å². The third kappa shape index (κ3) is 5.24. The lowest BCUT2D eigenvalue weighted by Crippen LogP contribution is -2.58. The molecule has 0 bridgehead atoms. The van der Waals surface area contributed by atoms with Crippen LogP contribution in [0.25, 0.3) is 11.1 Å². The average molecular weight is 566 g/mol. The van der Waals surface area contributed by atoms with Gasteiger partial charge in [-0.1, -0.05) is 78.9 Å². The Hall–Kier alpha value is -4.96. The van der Waals surface area contributed by atoms with Crippen LogP contribution in [0.15, 0.2) is 85.1 Å². The van der Waals surface area contributed by atoms with E-state index in [9.17, 15) is 19.5 Å². The maximum absolute atomic E-state index is 13.8. The highest BCUT2D eigenvalue weighted by Crippen LogP contribution is 2.44. The number of rotatable bonds is 8. The molecule has 0 radical (unpaired) electrons. The Kier molecular flexibility index (Phi) is 7.22. The molecule has 6 rings (SSSR count). The largest absolute Gasteiger partial charge is 0.476 e. The number of aryl methyl sites for hydroxylation is 1. The first-order valence-electron chi connectivity index (χ1n) is 13.8. The zero-order valence-corrected chi connectivity index (χ0v) is 23.1. The number of amides is 2. The number of likely N-dealkylation sites (tertiary alicyclic amines) is 1. The molecule has 214 valence electrons. The van der Waals surface area contributed by atoms with Crippen LogP contribution >= 0.6 is 0 Å². The van der Waals surface area contributed by atoms with E-state index in [4.69, 9.17) is 4.74 Å². The topological polar surface area (TPSA) is 126 Å². The molecule has 4 aromatic rings. The van der Waals surface area contributed by atoms with Gasteiger partial charge in [-0.05, 0) is 34.2 Å². The maximum Gasteiger partial charge on any atom is 0.408 e. The molecule has 2 aliphatic rings. The second-order valence-corrected chi connectivity index (χ2v) is 10.8. The van der Waals surface area contributed by atoms with Gasteiger partial charge in [0.15, 0.2) is 5.69 Å². The number of aromatic carboxylic acids is 1. The number of carboxylic acids is 1. The lowest BCUT2D eigenvalue weighted by molar-refractivity contribution is -0.121. The van der Waals surface area contributed by atoms with E-state index >= 15 is 0 Å². The van der Waals surface area contributed by atoms with Gasteiger partial charge in [-0.15, -0.1) is 0 Å². The molecular formula is C32H31N5O5. The van der Waals surface area contributed by atoms with Gasteiger partial charge >= 0.3 is 12.1 Å². The van der Waals surface area contributed by atoms with Crippen LogP contribution in [0.4, 0.5) is 10.5 Å². The molecule has 1 fully saturated rings. The fourth-order valence-corrected chi connectivity index (χ4v) is 6.02. The monoisotopic (exact) mass is 565 g/mol. The summed E-state index contributed by atoms with van der Waals surface area (Å²) in [6.07, 6.45) is 1.04. The summed E-state index contributed by atoms with van der Waals surface area (Å²) in [5, 5.41) is 19.1. The molecule has 2 amide bonds. The van der Waals surface area contributed by atoms with Gasteiger partial charge in [-0.2, -0.15) is 5.10 Å². The molecule has 42 heavy (non-hydrogen) atoms. The Morgan fingerprint density at radius 3 is 2.29 bits per heavy atom. The summed E-state index contributed by atoms with van der Waals surface area (Å²) in [6, 6.07) is 26.0. The first-order valence-corrected chi connectivity index (χ1v) is 13.8. The summed E-state index contributed by atoms with van der Waals surface area (Å²) < 4.78 is 7.11. The number of fused-ring (bicyclic) bond motifs is 3. The normalized spacial score (nSPS) is 17.8. The Bertz CT molecular complexity index is 1610. The molecule has 1 aliphatic carbocycles. The average Bonchev–Trinajstić information content (AvgIpc) is 3.66. The third-order valence-electron chi connectivity index (χ3n) is 8.00. The van der Waals surface area contributed by atoms with Gasteiger partial charge in [0.1, 0.15) is 12.1 Å². The minimum atomic E-state index is -1.34. The highest BCUT2D eigenvalue weighted by molar-refractivity contribution is 6.04. The molecule has 1 aliphatic heterocycles. The van der Waals surface area contributed by atoms with Crippen LogP contribution in [0, 0.1) is 0 Å². The summed E-state index contributed by atoms with van der Waals surface area (Å²) in [5.74, 6) is -1.91. The summed E-state index contributed by atoms with van der Waals surface area (Å²) in [7, 11) is 1.57. The summed E-state index contributed by atoms with van der Waals surface area (Å²) >= 11 is 0. The molecule has 0 saturated carbocycles. The van der Waals surface area contributed by atoms with Crippen LogP contribution in [-0.4, -0.2) is 63.0 Å². The number of nitrogens with zero attached hydrogens (tertiary/aromatic N) is 3. The lowest BCUT2D eigenvalue weighted by Gasteiger charge is -2.29. The minimum absolute atomic E-state index is 0.0604. The van der Waals surface area contributed by atoms with Crippen LogP contribution in [0.2, 0.25) is 0 Å². The lowest BCUT2D eigenvalue weighted by atomic mass is 9.97. The summed E-state index contributed by atoms with van der Waals surface area (Å²) in [5.41, 5.74) is 3.94. The van der Waals surface area contributed by atoms with Crippen molar-refractivity contribution in [1.82, 2.24) is 20.0 Å². The molecule has 10 nitrogen and oxygen atoms in total. The quantitative estimate of drug-likeness (QED) is 0.292. The zero-order chi connectivity index (χ0) is 29.3. The van der Waals surface area contributed by atoms with Gasteiger partial charge in [0.2, 0.25) is 0 Å². The highest BCUT2D eigenvalue weighted by atomic mass is 16.5.